The van der Waals surface area contributed by atoms with E-state index in [9.17, 15) is 4.79 Å². The largest absolute Gasteiger partial charge is 0.342 e. The molecule has 0 saturated carbocycles. The minimum absolute atomic E-state index is 0.0380. The van der Waals surface area contributed by atoms with E-state index < -0.39 is 0 Å². The number of hydrogen-bond donors (Lipinski definition) is 1. The summed E-state index contributed by atoms with van der Waals surface area (Å²) in [4.78, 5) is 12.6. The van der Waals surface area contributed by atoms with E-state index in [1.54, 1.807) is 12.1 Å². The van der Waals surface area contributed by atoms with E-state index in [4.69, 9.17) is 11.6 Å². The Balaban J connectivity index is 1.90. The van der Waals surface area contributed by atoms with Gasteiger partial charge in [-0.15, -0.1) is 0 Å². The van der Waals surface area contributed by atoms with Gasteiger partial charge in [0.05, 0.1) is 5.69 Å². The SMILES string of the molecule is O=C(c1cccc(Cl)c1)c1cccn1C1CCNCC1. The van der Waals surface area contributed by atoms with Crippen molar-refractivity contribution >= 4 is 17.4 Å². The minimum Gasteiger partial charge on any atom is -0.342 e. The number of rotatable bonds is 3. The van der Waals surface area contributed by atoms with Crippen molar-refractivity contribution in [2.75, 3.05) is 13.1 Å². The zero-order valence-corrected chi connectivity index (χ0v) is 11.9. The first-order valence-electron chi connectivity index (χ1n) is 6.93. The summed E-state index contributed by atoms with van der Waals surface area (Å²) in [5.41, 5.74) is 1.39. The standard InChI is InChI=1S/C16H17ClN2O/c17-13-4-1-3-12(11-13)16(20)15-5-2-10-19(15)14-6-8-18-9-7-14/h1-5,10-11,14,18H,6-9H2. The molecule has 0 amide bonds. The monoisotopic (exact) mass is 288 g/mol. The molecular formula is C16H17ClN2O. The van der Waals surface area contributed by atoms with Gasteiger partial charge in [0, 0.05) is 22.8 Å². The second-order valence-electron chi connectivity index (χ2n) is 5.12. The Bertz CT molecular complexity index is 614. The lowest BCUT2D eigenvalue weighted by molar-refractivity contribution is 0.102. The van der Waals surface area contributed by atoms with E-state index in [0.29, 0.717) is 16.6 Å². The van der Waals surface area contributed by atoms with Gasteiger partial charge in [-0.25, -0.2) is 0 Å². The van der Waals surface area contributed by atoms with Crippen molar-refractivity contribution in [1.29, 1.82) is 0 Å². The van der Waals surface area contributed by atoms with Crippen LogP contribution in [0.3, 0.4) is 0 Å². The Morgan fingerprint density at radius 1 is 1.20 bits per heavy atom. The Labute approximate surface area is 123 Å². The minimum atomic E-state index is 0.0380. The van der Waals surface area contributed by atoms with E-state index in [1.807, 2.05) is 30.5 Å². The molecule has 3 nitrogen and oxygen atoms in total. The molecule has 1 fully saturated rings. The Kier molecular flexibility index (Phi) is 3.90. The molecule has 2 heterocycles. The first kappa shape index (κ1) is 13.4. The van der Waals surface area contributed by atoms with Gasteiger partial charge in [0.15, 0.2) is 0 Å². The van der Waals surface area contributed by atoms with Gasteiger partial charge >= 0.3 is 0 Å². The third-order valence-electron chi connectivity index (χ3n) is 3.80. The molecule has 2 aromatic rings. The van der Waals surface area contributed by atoms with Crippen LogP contribution in [0.15, 0.2) is 42.6 Å². The summed E-state index contributed by atoms with van der Waals surface area (Å²) >= 11 is 5.97. The summed E-state index contributed by atoms with van der Waals surface area (Å²) < 4.78 is 2.12. The Hall–Kier alpha value is -1.58. The van der Waals surface area contributed by atoms with Crippen LogP contribution in [0, 0.1) is 0 Å². The summed E-state index contributed by atoms with van der Waals surface area (Å²) in [6, 6.07) is 11.4. The highest BCUT2D eigenvalue weighted by atomic mass is 35.5. The van der Waals surface area contributed by atoms with Crippen LogP contribution in [0.25, 0.3) is 0 Å². The van der Waals surface area contributed by atoms with Gasteiger partial charge < -0.3 is 9.88 Å². The molecule has 0 spiro atoms. The fourth-order valence-electron chi connectivity index (χ4n) is 2.77. The predicted molar refractivity (Wildman–Crippen MR) is 80.5 cm³/mol. The average molecular weight is 289 g/mol. The normalized spacial score (nSPS) is 16.2. The molecule has 4 heteroatoms. The van der Waals surface area contributed by atoms with Crippen molar-refractivity contribution in [2.24, 2.45) is 0 Å². The number of hydrogen-bond acceptors (Lipinski definition) is 2. The van der Waals surface area contributed by atoms with Crippen LogP contribution in [0.2, 0.25) is 5.02 Å². The Morgan fingerprint density at radius 2 is 2.00 bits per heavy atom. The third-order valence-corrected chi connectivity index (χ3v) is 4.04. The van der Waals surface area contributed by atoms with Crippen molar-refractivity contribution in [3.05, 3.63) is 58.9 Å². The van der Waals surface area contributed by atoms with Crippen molar-refractivity contribution < 1.29 is 4.79 Å². The summed E-state index contributed by atoms with van der Waals surface area (Å²) in [5, 5.41) is 3.94. The zero-order chi connectivity index (χ0) is 13.9. The molecule has 104 valence electrons. The first-order valence-corrected chi connectivity index (χ1v) is 7.31. The number of nitrogens with one attached hydrogen (secondary N) is 1. The molecule has 0 unspecified atom stereocenters. The van der Waals surface area contributed by atoms with E-state index >= 15 is 0 Å². The Morgan fingerprint density at radius 3 is 2.75 bits per heavy atom. The first-order chi connectivity index (χ1) is 9.75. The van der Waals surface area contributed by atoms with Gasteiger partial charge in [-0.05, 0) is 50.2 Å². The molecule has 20 heavy (non-hydrogen) atoms. The van der Waals surface area contributed by atoms with Gasteiger partial charge in [-0.2, -0.15) is 0 Å². The number of aromatic nitrogens is 1. The fraction of sp³-hybridized carbons (Fsp3) is 0.312. The van der Waals surface area contributed by atoms with E-state index in [0.717, 1.165) is 31.6 Å². The zero-order valence-electron chi connectivity index (χ0n) is 11.2. The van der Waals surface area contributed by atoms with Gasteiger partial charge in [-0.1, -0.05) is 23.7 Å². The molecule has 1 aliphatic heterocycles. The van der Waals surface area contributed by atoms with Gasteiger partial charge in [0.1, 0.15) is 0 Å². The number of halogens is 1. The van der Waals surface area contributed by atoms with Crippen LogP contribution in [0.1, 0.15) is 34.9 Å². The number of benzene rings is 1. The molecule has 0 bridgehead atoms. The van der Waals surface area contributed by atoms with Crippen LogP contribution in [0.4, 0.5) is 0 Å². The third kappa shape index (κ3) is 2.65. The maximum atomic E-state index is 12.6. The highest BCUT2D eigenvalue weighted by molar-refractivity contribution is 6.31. The molecule has 1 N–H and O–H groups in total. The molecule has 1 saturated heterocycles. The average Bonchev–Trinajstić information content (AvgIpc) is 2.97. The summed E-state index contributed by atoms with van der Waals surface area (Å²) in [6.07, 6.45) is 4.13. The number of piperidine rings is 1. The van der Waals surface area contributed by atoms with Crippen LogP contribution >= 0.6 is 11.6 Å². The molecule has 3 rings (SSSR count). The van der Waals surface area contributed by atoms with Gasteiger partial charge in [0.25, 0.3) is 0 Å². The van der Waals surface area contributed by atoms with Crippen molar-refractivity contribution in [3.63, 3.8) is 0 Å². The van der Waals surface area contributed by atoms with Crippen molar-refractivity contribution in [3.8, 4) is 0 Å². The topological polar surface area (TPSA) is 34.0 Å². The summed E-state index contributed by atoms with van der Waals surface area (Å²) in [5.74, 6) is 0.0380. The number of nitrogens with zero attached hydrogens (tertiary/aromatic N) is 1. The number of carbonyl (C=O) groups excluding carboxylic acids is 1. The van der Waals surface area contributed by atoms with Crippen LogP contribution < -0.4 is 5.32 Å². The lowest BCUT2D eigenvalue weighted by Crippen LogP contribution is -2.30. The van der Waals surface area contributed by atoms with E-state index in [1.165, 1.54) is 0 Å². The van der Waals surface area contributed by atoms with Gasteiger partial charge in [-0.3, -0.25) is 4.79 Å². The van der Waals surface area contributed by atoms with E-state index in [-0.39, 0.29) is 5.78 Å². The fourth-order valence-corrected chi connectivity index (χ4v) is 2.96. The second kappa shape index (κ2) is 5.81. The maximum absolute atomic E-state index is 12.6. The van der Waals surface area contributed by atoms with E-state index in [2.05, 4.69) is 9.88 Å². The number of ketones is 1. The van der Waals surface area contributed by atoms with Crippen LogP contribution in [-0.4, -0.2) is 23.4 Å². The maximum Gasteiger partial charge on any atom is 0.209 e. The molecule has 0 atom stereocenters. The lowest BCUT2D eigenvalue weighted by atomic mass is 10.0. The molecule has 0 aliphatic carbocycles. The van der Waals surface area contributed by atoms with Crippen molar-refractivity contribution in [2.45, 2.75) is 18.9 Å². The van der Waals surface area contributed by atoms with Crippen LogP contribution in [0.5, 0.6) is 0 Å². The highest BCUT2D eigenvalue weighted by Gasteiger charge is 2.20. The second-order valence-corrected chi connectivity index (χ2v) is 5.56. The summed E-state index contributed by atoms with van der Waals surface area (Å²) in [6.45, 7) is 2.02. The lowest BCUT2D eigenvalue weighted by Gasteiger charge is -2.25. The molecular weight excluding hydrogens is 272 g/mol. The quantitative estimate of drug-likeness (QED) is 0.880. The molecule has 0 radical (unpaired) electrons. The summed E-state index contributed by atoms with van der Waals surface area (Å²) in [7, 11) is 0. The predicted octanol–water partition coefficient (Wildman–Crippen LogP) is 3.30. The molecule has 1 aromatic carbocycles. The number of carbonyl (C=O) groups is 1. The highest BCUT2D eigenvalue weighted by Crippen LogP contribution is 2.23. The van der Waals surface area contributed by atoms with Gasteiger partial charge in [0.2, 0.25) is 5.78 Å². The molecule has 1 aromatic heterocycles. The van der Waals surface area contributed by atoms with Crippen LogP contribution in [-0.2, 0) is 0 Å². The van der Waals surface area contributed by atoms with Crippen molar-refractivity contribution in [1.82, 2.24) is 9.88 Å². The smallest absolute Gasteiger partial charge is 0.209 e. The molecule has 1 aliphatic rings.